The average molecular weight is 360 g/mol. The molecule has 3 rings (SSSR count). The monoisotopic (exact) mass is 360 g/mol. The minimum atomic E-state index is -0.771. The maximum Gasteiger partial charge on any atom is 0.311 e. The zero-order valence-electron chi connectivity index (χ0n) is 14.0. The van der Waals surface area contributed by atoms with Gasteiger partial charge in [0.05, 0.1) is 6.42 Å². The molecule has 7 nitrogen and oxygen atoms in total. The fourth-order valence-electron chi connectivity index (χ4n) is 2.68. The van der Waals surface area contributed by atoms with Crippen LogP contribution in [-0.4, -0.2) is 59.0 Å². The summed E-state index contributed by atoms with van der Waals surface area (Å²) in [6.45, 7) is 4.06. The number of thiophene rings is 1. The predicted molar refractivity (Wildman–Crippen MR) is 94.4 cm³/mol. The van der Waals surface area contributed by atoms with E-state index in [1.165, 1.54) is 11.3 Å². The van der Waals surface area contributed by atoms with E-state index in [-0.39, 0.29) is 18.3 Å². The summed E-state index contributed by atoms with van der Waals surface area (Å²) in [7, 11) is 0. The van der Waals surface area contributed by atoms with Crippen molar-refractivity contribution in [2.24, 2.45) is 0 Å². The number of anilines is 1. The van der Waals surface area contributed by atoms with Crippen molar-refractivity contribution >= 4 is 29.2 Å². The standard InChI is InChI=1S/C17H20N4O3S/c1-13(24-15(22)12-14-4-2-11-25-14)16(23)20-7-9-21(10-8-20)17-18-5-3-6-19-17/h2-6,11,13H,7-10,12H2,1H3/t13-/m0/s1. The van der Waals surface area contributed by atoms with Crippen molar-refractivity contribution in [1.82, 2.24) is 14.9 Å². The Labute approximate surface area is 150 Å². The lowest BCUT2D eigenvalue weighted by molar-refractivity contribution is -0.158. The van der Waals surface area contributed by atoms with Crippen LogP contribution in [0.4, 0.5) is 5.95 Å². The van der Waals surface area contributed by atoms with E-state index in [9.17, 15) is 9.59 Å². The summed E-state index contributed by atoms with van der Waals surface area (Å²) in [5.74, 6) is 0.137. The van der Waals surface area contributed by atoms with Crippen molar-refractivity contribution in [2.45, 2.75) is 19.4 Å². The molecule has 1 aliphatic rings. The predicted octanol–water partition coefficient (Wildman–Crippen LogP) is 1.36. The molecule has 2 aromatic heterocycles. The van der Waals surface area contributed by atoms with E-state index >= 15 is 0 Å². The van der Waals surface area contributed by atoms with E-state index in [0.29, 0.717) is 32.1 Å². The molecule has 1 saturated heterocycles. The molecule has 0 bridgehead atoms. The van der Waals surface area contributed by atoms with Gasteiger partial charge in [0.2, 0.25) is 5.95 Å². The van der Waals surface area contributed by atoms with Gasteiger partial charge in [0.1, 0.15) is 0 Å². The first-order chi connectivity index (χ1) is 12.1. The number of hydrogen-bond donors (Lipinski definition) is 0. The van der Waals surface area contributed by atoms with Crippen LogP contribution in [0.2, 0.25) is 0 Å². The van der Waals surface area contributed by atoms with Crippen LogP contribution < -0.4 is 4.90 Å². The number of carbonyl (C=O) groups is 2. The van der Waals surface area contributed by atoms with E-state index in [2.05, 4.69) is 9.97 Å². The first-order valence-corrected chi connectivity index (χ1v) is 9.04. The summed E-state index contributed by atoms with van der Waals surface area (Å²) in [5.41, 5.74) is 0. The molecular formula is C17H20N4O3S. The quantitative estimate of drug-likeness (QED) is 0.750. The Balaban J connectivity index is 1.47. The number of piperazine rings is 1. The Morgan fingerprint density at radius 2 is 1.92 bits per heavy atom. The Morgan fingerprint density at radius 3 is 2.56 bits per heavy atom. The van der Waals surface area contributed by atoms with Crippen LogP contribution in [0.15, 0.2) is 36.0 Å². The van der Waals surface area contributed by atoms with Crippen LogP contribution >= 0.6 is 11.3 Å². The Hall–Kier alpha value is -2.48. The summed E-state index contributed by atoms with van der Waals surface area (Å²) in [4.78, 5) is 37.6. The normalized spacial score (nSPS) is 15.7. The van der Waals surface area contributed by atoms with Crippen molar-refractivity contribution in [2.75, 3.05) is 31.1 Å². The van der Waals surface area contributed by atoms with E-state index < -0.39 is 6.10 Å². The van der Waals surface area contributed by atoms with E-state index in [4.69, 9.17) is 4.74 Å². The molecule has 8 heteroatoms. The fraction of sp³-hybridized carbons (Fsp3) is 0.412. The van der Waals surface area contributed by atoms with Gasteiger partial charge in [-0.1, -0.05) is 6.07 Å². The van der Waals surface area contributed by atoms with Crippen LogP contribution in [-0.2, 0) is 20.7 Å². The molecule has 132 valence electrons. The summed E-state index contributed by atoms with van der Waals surface area (Å²) in [6, 6.07) is 5.54. The highest BCUT2D eigenvalue weighted by molar-refractivity contribution is 7.10. The van der Waals surface area contributed by atoms with Crippen LogP contribution in [0.1, 0.15) is 11.8 Å². The minimum absolute atomic E-state index is 0.159. The molecule has 0 N–H and O–H groups in total. The number of esters is 1. The number of amides is 1. The molecule has 2 aromatic rings. The zero-order valence-corrected chi connectivity index (χ0v) is 14.8. The topological polar surface area (TPSA) is 75.6 Å². The number of nitrogens with zero attached hydrogens (tertiary/aromatic N) is 4. The molecule has 1 aliphatic heterocycles. The molecule has 3 heterocycles. The van der Waals surface area contributed by atoms with Crippen LogP contribution in [0.25, 0.3) is 0 Å². The molecule has 0 unspecified atom stereocenters. The third kappa shape index (κ3) is 4.54. The number of aromatic nitrogens is 2. The molecular weight excluding hydrogens is 340 g/mol. The molecule has 0 aliphatic carbocycles. The van der Waals surface area contributed by atoms with Crippen molar-refractivity contribution in [3.05, 3.63) is 40.8 Å². The van der Waals surface area contributed by atoms with Gasteiger partial charge >= 0.3 is 5.97 Å². The van der Waals surface area contributed by atoms with Crippen LogP contribution in [0.3, 0.4) is 0 Å². The van der Waals surface area contributed by atoms with E-state index in [1.807, 2.05) is 22.4 Å². The van der Waals surface area contributed by atoms with Gasteiger partial charge in [0.15, 0.2) is 6.10 Å². The summed E-state index contributed by atoms with van der Waals surface area (Å²) in [5, 5.41) is 1.91. The number of ether oxygens (including phenoxy) is 1. The third-order valence-electron chi connectivity index (χ3n) is 3.98. The lowest BCUT2D eigenvalue weighted by Gasteiger charge is -2.35. The minimum Gasteiger partial charge on any atom is -0.452 e. The molecule has 1 fully saturated rings. The van der Waals surface area contributed by atoms with Crippen molar-refractivity contribution < 1.29 is 14.3 Å². The lowest BCUT2D eigenvalue weighted by Crippen LogP contribution is -2.52. The fourth-order valence-corrected chi connectivity index (χ4v) is 3.37. The van der Waals surface area contributed by atoms with Crippen molar-refractivity contribution in [3.63, 3.8) is 0 Å². The molecule has 0 radical (unpaired) electrons. The molecule has 0 spiro atoms. The Bertz CT molecular complexity index is 700. The maximum atomic E-state index is 12.5. The van der Waals surface area contributed by atoms with Crippen LogP contribution in [0.5, 0.6) is 0 Å². The summed E-state index contributed by atoms with van der Waals surface area (Å²) in [6.07, 6.45) is 2.84. The van der Waals surface area contributed by atoms with Gasteiger partial charge in [-0.25, -0.2) is 9.97 Å². The maximum absolute atomic E-state index is 12.5. The second-order valence-corrected chi connectivity index (χ2v) is 6.78. The molecule has 0 aromatic carbocycles. The molecule has 1 atom stereocenters. The molecule has 1 amide bonds. The van der Waals surface area contributed by atoms with Gasteiger partial charge in [-0.3, -0.25) is 9.59 Å². The lowest BCUT2D eigenvalue weighted by atomic mass is 10.2. The first kappa shape index (κ1) is 17.3. The van der Waals surface area contributed by atoms with Gasteiger partial charge in [-0.05, 0) is 24.4 Å². The number of carbonyl (C=O) groups excluding carboxylic acids is 2. The highest BCUT2D eigenvalue weighted by Crippen LogP contribution is 2.13. The first-order valence-electron chi connectivity index (χ1n) is 8.16. The number of rotatable bonds is 5. The van der Waals surface area contributed by atoms with Gasteiger partial charge in [0.25, 0.3) is 5.91 Å². The van der Waals surface area contributed by atoms with Crippen LogP contribution in [0, 0.1) is 0 Å². The second kappa shape index (κ2) is 8.06. The largest absolute Gasteiger partial charge is 0.452 e. The molecule has 0 saturated carbocycles. The van der Waals surface area contributed by atoms with Gasteiger partial charge < -0.3 is 14.5 Å². The Morgan fingerprint density at radius 1 is 1.20 bits per heavy atom. The van der Waals surface area contributed by atoms with Gasteiger partial charge in [0, 0.05) is 43.4 Å². The highest BCUT2D eigenvalue weighted by Gasteiger charge is 2.27. The highest BCUT2D eigenvalue weighted by atomic mass is 32.1. The second-order valence-electron chi connectivity index (χ2n) is 5.75. The summed E-state index contributed by atoms with van der Waals surface area (Å²) < 4.78 is 5.29. The average Bonchev–Trinajstić information content (AvgIpc) is 3.14. The third-order valence-corrected chi connectivity index (χ3v) is 4.86. The zero-order chi connectivity index (χ0) is 17.6. The smallest absolute Gasteiger partial charge is 0.311 e. The van der Waals surface area contributed by atoms with E-state index in [1.54, 1.807) is 30.3 Å². The van der Waals surface area contributed by atoms with Gasteiger partial charge in [-0.2, -0.15) is 0 Å². The number of hydrogen-bond acceptors (Lipinski definition) is 7. The van der Waals surface area contributed by atoms with E-state index in [0.717, 1.165) is 4.88 Å². The summed E-state index contributed by atoms with van der Waals surface area (Å²) >= 11 is 1.50. The molecule has 25 heavy (non-hydrogen) atoms. The van der Waals surface area contributed by atoms with Crippen molar-refractivity contribution in [1.29, 1.82) is 0 Å². The SMILES string of the molecule is C[C@H](OC(=O)Cc1cccs1)C(=O)N1CCN(c2ncccn2)CC1. The van der Waals surface area contributed by atoms with Crippen molar-refractivity contribution in [3.8, 4) is 0 Å². The van der Waals surface area contributed by atoms with Gasteiger partial charge in [-0.15, -0.1) is 11.3 Å². The Kier molecular flexibility index (Phi) is 5.60.